The molecule has 1 aromatic rings. The quantitative estimate of drug-likeness (QED) is 0.778. The van der Waals surface area contributed by atoms with Gasteiger partial charge in [0, 0.05) is 18.5 Å². The maximum Gasteiger partial charge on any atom is 0.308 e. The van der Waals surface area contributed by atoms with Crippen molar-refractivity contribution in [2.75, 3.05) is 18.5 Å². The summed E-state index contributed by atoms with van der Waals surface area (Å²) in [6, 6.07) is 2.03. The minimum atomic E-state index is -0.748. The molecule has 0 aromatic carbocycles. The van der Waals surface area contributed by atoms with E-state index in [0.717, 1.165) is 17.8 Å². The molecule has 0 fully saturated rings. The zero-order valence-electron chi connectivity index (χ0n) is 7.41. The van der Waals surface area contributed by atoms with Crippen LogP contribution in [0, 0.1) is 0 Å². The Balaban J connectivity index is 2.23. The summed E-state index contributed by atoms with van der Waals surface area (Å²) in [6.45, 7) is 1.06. The normalized spacial score (nSPS) is 14.7. The minimum absolute atomic E-state index is 0.158. The number of carboxylic acid groups (broad SMARTS) is 1. The van der Waals surface area contributed by atoms with Crippen LogP contribution in [0.3, 0.4) is 0 Å². The molecule has 1 aliphatic rings. The highest BCUT2D eigenvalue weighted by molar-refractivity contribution is 7.16. The number of nitrogens with zero attached hydrogens (tertiary/aromatic N) is 1. The molecule has 1 aliphatic heterocycles. The molecule has 4 heteroatoms. The third-order valence-electron chi connectivity index (χ3n) is 2.23. The smallest absolute Gasteiger partial charge is 0.308 e. The average Bonchev–Trinajstić information content (AvgIpc) is 2.53. The van der Waals surface area contributed by atoms with Crippen LogP contribution in [0.25, 0.3) is 0 Å². The van der Waals surface area contributed by atoms with Crippen LogP contribution in [-0.2, 0) is 17.6 Å². The highest BCUT2D eigenvalue weighted by Crippen LogP contribution is 2.35. The van der Waals surface area contributed by atoms with Gasteiger partial charge >= 0.3 is 5.97 Å². The first kappa shape index (κ1) is 8.56. The standard InChI is InChI=1S/C9H11NO2S/c1-10-3-2-6-4-7(5-8(11)12)13-9(6)10/h4H,2-3,5H2,1H3,(H,11,12). The molecule has 0 unspecified atom stereocenters. The van der Waals surface area contributed by atoms with E-state index in [4.69, 9.17) is 5.11 Å². The highest BCUT2D eigenvalue weighted by atomic mass is 32.1. The molecular weight excluding hydrogens is 186 g/mol. The Bertz CT molecular complexity index is 345. The predicted octanol–water partition coefficient (Wildman–Crippen LogP) is 1.37. The van der Waals surface area contributed by atoms with Crippen molar-refractivity contribution in [2.24, 2.45) is 0 Å². The third-order valence-corrected chi connectivity index (χ3v) is 3.52. The van der Waals surface area contributed by atoms with Crippen molar-refractivity contribution < 1.29 is 9.90 Å². The Morgan fingerprint density at radius 2 is 2.54 bits per heavy atom. The Labute approximate surface area is 80.6 Å². The zero-order valence-corrected chi connectivity index (χ0v) is 8.23. The topological polar surface area (TPSA) is 40.5 Å². The number of carbonyl (C=O) groups is 1. The summed E-state index contributed by atoms with van der Waals surface area (Å²) >= 11 is 1.60. The summed E-state index contributed by atoms with van der Waals surface area (Å²) in [6.07, 6.45) is 1.22. The van der Waals surface area contributed by atoms with Crippen LogP contribution in [0.5, 0.6) is 0 Å². The Morgan fingerprint density at radius 1 is 1.77 bits per heavy atom. The average molecular weight is 197 g/mol. The number of rotatable bonds is 2. The number of hydrogen-bond acceptors (Lipinski definition) is 3. The van der Waals surface area contributed by atoms with E-state index in [1.807, 2.05) is 13.1 Å². The zero-order chi connectivity index (χ0) is 9.42. The molecule has 0 radical (unpaired) electrons. The lowest BCUT2D eigenvalue weighted by Gasteiger charge is -2.08. The van der Waals surface area contributed by atoms with Gasteiger partial charge in [0.1, 0.15) is 0 Å². The lowest BCUT2D eigenvalue weighted by atomic mass is 10.2. The van der Waals surface area contributed by atoms with Crippen LogP contribution in [0.15, 0.2) is 6.07 Å². The van der Waals surface area contributed by atoms with Gasteiger partial charge in [0.2, 0.25) is 0 Å². The van der Waals surface area contributed by atoms with E-state index in [1.54, 1.807) is 11.3 Å². The molecule has 0 bridgehead atoms. The molecule has 1 N–H and O–H groups in total. The SMILES string of the molecule is CN1CCc2cc(CC(=O)O)sc21. The van der Waals surface area contributed by atoms with Gasteiger partial charge in [-0.2, -0.15) is 0 Å². The van der Waals surface area contributed by atoms with Crippen molar-refractivity contribution in [1.29, 1.82) is 0 Å². The van der Waals surface area contributed by atoms with Crippen LogP contribution in [-0.4, -0.2) is 24.7 Å². The number of fused-ring (bicyclic) bond motifs is 1. The summed E-state index contributed by atoms with van der Waals surface area (Å²) in [5.74, 6) is -0.748. The van der Waals surface area contributed by atoms with Gasteiger partial charge in [-0.05, 0) is 18.1 Å². The van der Waals surface area contributed by atoms with Gasteiger partial charge in [0.05, 0.1) is 11.4 Å². The molecule has 3 nitrogen and oxygen atoms in total. The summed E-state index contributed by atoms with van der Waals surface area (Å²) in [4.78, 5) is 13.6. The molecule has 0 saturated heterocycles. The molecule has 13 heavy (non-hydrogen) atoms. The van der Waals surface area contributed by atoms with E-state index in [2.05, 4.69) is 4.90 Å². The molecule has 2 rings (SSSR count). The first-order valence-corrected chi connectivity index (χ1v) is 5.03. The number of thiophene rings is 1. The lowest BCUT2D eigenvalue weighted by Crippen LogP contribution is -2.11. The molecule has 70 valence electrons. The van der Waals surface area contributed by atoms with Crippen molar-refractivity contribution in [3.8, 4) is 0 Å². The Hall–Kier alpha value is -1.03. The number of likely N-dealkylation sites (N-methyl/N-ethyl adjacent to an activating group) is 1. The number of hydrogen-bond donors (Lipinski definition) is 1. The summed E-state index contributed by atoms with van der Waals surface area (Å²) in [5.41, 5.74) is 1.31. The molecule has 0 spiro atoms. The van der Waals surface area contributed by atoms with Crippen molar-refractivity contribution in [3.63, 3.8) is 0 Å². The molecule has 0 amide bonds. The number of carboxylic acids is 1. The van der Waals surface area contributed by atoms with Crippen molar-refractivity contribution >= 4 is 22.3 Å². The molecule has 2 heterocycles. The van der Waals surface area contributed by atoms with Gasteiger partial charge in [-0.3, -0.25) is 4.79 Å². The van der Waals surface area contributed by atoms with Crippen molar-refractivity contribution in [3.05, 3.63) is 16.5 Å². The molecular formula is C9H11NO2S. The second kappa shape index (κ2) is 3.03. The van der Waals surface area contributed by atoms with Gasteiger partial charge in [-0.1, -0.05) is 0 Å². The minimum Gasteiger partial charge on any atom is -0.481 e. The van der Waals surface area contributed by atoms with Gasteiger partial charge in [-0.25, -0.2) is 0 Å². The van der Waals surface area contributed by atoms with E-state index < -0.39 is 5.97 Å². The molecule has 0 aliphatic carbocycles. The van der Waals surface area contributed by atoms with E-state index in [0.29, 0.717) is 0 Å². The van der Waals surface area contributed by atoms with Gasteiger partial charge in [-0.15, -0.1) is 11.3 Å². The van der Waals surface area contributed by atoms with Crippen molar-refractivity contribution in [2.45, 2.75) is 12.8 Å². The third kappa shape index (κ3) is 1.54. The Kier molecular flexibility index (Phi) is 2.00. The second-order valence-corrected chi connectivity index (χ2v) is 4.40. The number of anilines is 1. The van der Waals surface area contributed by atoms with Crippen LogP contribution >= 0.6 is 11.3 Å². The molecule has 0 saturated carbocycles. The molecule has 1 aromatic heterocycles. The number of aliphatic carboxylic acids is 1. The lowest BCUT2D eigenvalue weighted by molar-refractivity contribution is -0.136. The van der Waals surface area contributed by atoms with Crippen molar-refractivity contribution in [1.82, 2.24) is 0 Å². The maximum atomic E-state index is 10.5. The fourth-order valence-corrected chi connectivity index (χ4v) is 2.79. The fourth-order valence-electron chi connectivity index (χ4n) is 1.60. The van der Waals surface area contributed by atoms with Crippen LogP contribution in [0.4, 0.5) is 5.00 Å². The summed E-state index contributed by atoms with van der Waals surface area (Å²) in [7, 11) is 2.05. The van der Waals surface area contributed by atoms with Crippen LogP contribution in [0.2, 0.25) is 0 Å². The maximum absolute atomic E-state index is 10.5. The van der Waals surface area contributed by atoms with E-state index >= 15 is 0 Å². The highest BCUT2D eigenvalue weighted by Gasteiger charge is 2.19. The fraction of sp³-hybridized carbons (Fsp3) is 0.444. The van der Waals surface area contributed by atoms with Crippen LogP contribution in [0.1, 0.15) is 10.4 Å². The van der Waals surface area contributed by atoms with E-state index in [-0.39, 0.29) is 6.42 Å². The van der Waals surface area contributed by atoms with Gasteiger partial charge < -0.3 is 10.0 Å². The van der Waals surface area contributed by atoms with Gasteiger partial charge in [0.25, 0.3) is 0 Å². The first-order valence-electron chi connectivity index (χ1n) is 4.21. The second-order valence-electron chi connectivity index (χ2n) is 3.29. The summed E-state index contributed by atoms with van der Waals surface area (Å²) < 4.78 is 0. The van der Waals surface area contributed by atoms with Gasteiger partial charge in [0.15, 0.2) is 0 Å². The monoisotopic (exact) mass is 197 g/mol. The Morgan fingerprint density at radius 3 is 3.15 bits per heavy atom. The van der Waals surface area contributed by atoms with E-state index in [1.165, 1.54) is 10.6 Å². The first-order chi connectivity index (χ1) is 6.16. The largest absolute Gasteiger partial charge is 0.481 e. The summed E-state index contributed by atoms with van der Waals surface area (Å²) in [5, 5.41) is 9.86. The molecule has 0 atom stereocenters. The predicted molar refractivity (Wildman–Crippen MR) is 52.6 cm³/mol. The van der Waals surface area contributed by atoms with E-state index in [9.17, 15) is 4.79 Å². The van der Waals surface area contributed by atoms with Crippen LogP contribution < -0.4 is 4.90 Å².